The zero-order chi connectivity index (χ0) is 11.1. The third-order valence-corrected chi connectivity index (χ3v) is 3.89. The number of nitrogens with two attached hydrogens (primary N) is 1. The van der Waals surface area contributed by atoms with Gasteiger partial charge in [-0.3, -0.25) is 5.10 Å². The largest absolute Gasteiger partial charge is 0.330 e. The monoisotopic (exact) mass is 207 g/mol. The van der Waals surface area contributed by atoms with E-state index >= 15 is 0 Å². The van der Waals surface area contributed by atoms with E-state index in [9.17, 15) is 0 Å². The molecular weight excluding hydrogens is 186 g/mol. The Kier molecular flexibility index (Phi) is 2.59. The molecule has 1 aromatic heterocycles. The van der Waals surface area contributed by atoms with Gasteiger partial charge in [-0.05, 0) is 42.2 Å². The number of nitrogens with one attached hydrogen (secondary N) is 1. The molecule has 0 amide bonds. The van der Waals surface area contributed by atoms with Gasteiger partial charge in [0.05, 0.1) is 6.20 Å². The minimum absolute atomic E-state index is 0.343. The van der Waals surface area contributed by atoms with E-state index < -0.39 is 0 Å². The fourth-order valence-electron chi connectivity index (χ4n) is 3.03. The van der Waals surface area contributed by atoms with Gasteiger partial charge >= 0.3 is 0 Å². The molecule has 0 aromatic carbocycles. The molecular formula is C12H21N3. The van der Waals surface area contributed by atoms with Gasteiger partial charge in [-0.2, -0.15) is 5.10 Å². The van der Waals surface area contributed by atoms with Gasteiger partial charge < -0.3 is 5.73 Å². The summed E-state index contributed by atoms with van der Waals surface area (Å²) in [5.74, 6) is 1.07. The Balaban J connectivity index is 2.40. The molecule has 3 nitrogen and oxygen atoms in total. The molecule has 0 saturated heterocycles. The van der Waals surface area contributed by atoms with Gasteiger partial charge in [-0.1, -0.05) is 20.8 Å². The van der Waals surface area contributed by atoms with Crippen LogP contribution in [0.25, 0.3) is 0 Å². The van der Waals surface area contributed by atoms with Crippen molar-refractivity contribution >= 4 is 0 Å². The molecule has 0 saturated carbocycles. The number of aryl methyl sites for hydroxylation is 1. The molecule has 2 unspecified atom stereocenters. The van der Waals surface area contributed by atoms with Crippen LogP contribution in [0.3, 0.4) is 0 Å². The average molecular weight is 207 g/mol. The van der Waals surface area contributed by atoms with Crippen LogP contribution < -0.4 is 5.73 Å². The molecule has 0 spiro atoms. The Hall–Kier alpha value is -0.830. The van der Waals surface area contributed by atoms with E-state index in [-0.39, 0.29) is 0 Å². The number of aromatic amines is 1. The second-order valence-corrected chi connectivity index (χ2v) is 5.48. The predicted octanol–water partition coefficient (Wildman–Crippen LogP) is 2.06. The highest BCUT2D eigenvalue weighted by Crippen LogP contribution is 2.48. The van der Waals surface area contributed by atoms with E-state index in [2.05, 4.69) is 31.0 Å². The molecule has 2 atom stereocenters. The summed E-state index contributed by atoms with van der Waals surface area (Å²) in [6.07, 6.45) is 4.33. The van der Waals surface area contributed by atoms with Crippen molar-refractivity contribution in [2.24, 2.45) is 17.1 Å². The van der Waals surface area contributed by atoms with Gasteiger partial charge in [0.15, 0.2) is 0 Å². The number of rotatable bonds is 2. The molecule has 0 aliphatic heterocycles. The van der Waals surface area contributed by atoms with Gasteiger partial charge in [0, 0.05) is 5.69 Å². The van der Waals surface area contributed by atoms with Gasteiger partial charge in [0.2, 0.25) is 0 Å². The first-order valence-electron chi connectivity index (χ1n) is 5.78. The zero-order valence-corrected chi connectivity index (χ0v) is 9.88. The lowest BCUT2D eigenvalue weighted by Crippen LogP contribution is -2.35. The van der Waals surface area contributed by atoms with Crippen molar-refractivity contribution in [3.8, 4) is 0 Å². The number of hydrogen-bond acceptors (Lipinski definition) is 2. The van der Waals surface area contributed by atoms with Crippen molar-refractivity contribution < 1.29 is 0 Å². The maximum Gasteiger partial charge on any atom is 0.0525 e. The van der Waals surface area contributed by atoms with Crippen LogP contribution in [0.5, 0.6) is 0 Å². The Labute approximate surface area is 91.4 Å². The topological polar surface area (TPSA) is 54.7 Å². The van der Waals surface area contributed by atoms with Crippen molar-refractivity contribution in [3.05, 3.63) is 17.5 Å². The summed E-state index contributed by atoms with van der Waals surface area (Å²) in [4.78, 5) is 0. The average Bonchev–Trinajstić information content (AvgIpc) is 2.63. The molecule has 0 fully saturated rings. The first-order chi connectivity index (χ1) is 7.06. The maximum absolute atomic E-state index is 5.82. The lowest BCUT2D eigenvalue weighted by Gasteiger charge is -2.41. The molecule has 1 aliphatic rings. The van der Waals surface area contributed by atoms with Gasteiger partial charge in [-0.15, -0.1) is 0 Å². The lowest BCUT2D eigenvalue weighted by molar-refractivity contribution is 0.192. The van der Waals surface area contributed by atoms with Gasteiger partial charge in [0.1, 0.15) is 0 Å². The van der Waals surface area contributed by atoms with E-state index in [4.69, 9.17) is 5.73 Å². The van der Waals surface area contributed by atoms with Crippen LogP contribution in [0.4, 0.5) is 0 Å². The summed E-state index contributed by atoms with van der Waals surface area (Å²) in [6.45, 7) is 7.69. The van der Waals surface area contributed by atoms with Crippen LogP contribution in [0, 0.1) is 11.3 Å². The number of aromatic nitrogens is 2. The standard InChI is InChI=1S/C12H21N3/c1-8(6-13)11-9-7-14-15-10(9)4-5-12(11,2)3/h7-8,11H,4-6,13H2,1-3H3,(H,14,15). The van der Waals surface area contributed by atoms with Crippen LogP contribution >= 0.6 is 0 Å². The predicted molar refractivity (Wildman–Crippen MR) is 61.6 cm³/mol. The minimum Gasteiger partial charge on any atom is -0.330 e. The van der Waals surface area contributed by atoms with E-state index in [1.165, 1.54) is 17.7 Å². The zero-order valence-electron chi connectivity index (χ0n) is 9.88. The van der Waals surface area contributed by atoms with E-state index in [0.717, 1.165) is 13.0 Å². The van der Waals surface area contributed by atoms with Gasteiger partial charge in [0.25, 0.3) is 0 Å². The van der Waals surface area contributed by atoms with Crippen molar-refractivity contribution in [2.45, 2.75) is 39.5 Å². The normalized spacial score (nSPS) is 26.0. The fourth-order valence-corrected chi connectivity index (χ4v) is 3.03. The molecule has 0 radical (unpaired) electrons. The van der Waals surface area contributed by atoms with Crippen molar-refractivity contribution in [1.82, 2.24) is 10.2 Å². The third-order valence-electron chi connectivity index (χ3n) is 3.89. The fraction of sp³-hybridized carbons (Fsp3) is 0.750. The quantitative estimate of drug-likeness (QED) is 0.780. The van der Waals surface area contributed by atoms with Crippen molar-refractivity contribution in [2.75, 3.05) is 6.54 Å². The Morgan fingerprint density at radius 1 is 1.67 bits per heavy atom. The first kappa shape index (κ1) is 10.7. The maximum atomic E-state index is 5.82. The van der Waals surface area contributed by atoms with Crippen molar-refractivity contribution in [3.63, 3.8) is 0 Å². The summed E-state index contributed by atoms with van der Waals surface area (Å²) in [6, 6.07) is 0. The summed E-state index contributed by atoms with van der Waals surface area (Å²) in [5.41, 5.74) is 8.87. The summed E-state index contributed by atoms with van der Waals surface area (Å²) in [7, 11) is 0. The second kappa shape index (κ2) is 3.63. The van der Waals surface area contributed by atoms with Crippen LogP contribution in [-0.4, -0.2) is 16.7 Å². The molecule has 3 heteroatoms. The van der Waals surface area contributed by atoms with E-state index in [0.29, 0.717) is 17.3 Å². The molecule has 2 rings (SSSR count). The highest BCUT2D eigenvalue weighted by molar-refractivity contribution is 5.28. The van der Waals surface area contributed by atoms with Crippen LogP contribution in [0.1, 0.15) is 44.4 Å². The molecule has 0 bridgehead atoms. The molecule has 15 heavy (non-hydrogen) atoms. The third kappa shape index (κ3) is 1.69. The summed E-state index contributed by atoms with van der Waals surface area (Å²) >= 11 is 0. The van der Waals surface area contributed by atoms with Crippen molar-refractivity contribution in [1.29, 1.82) is 0 Å². The number of hydrogen-bond donors (Lipinski definition) is 2. The van der Waals surface area contributed by atoms with Crippen LogP contribution in [0.15, 0.2) is 6.20 Å². The Bertz CT molecular complexity index is 340. The molecule has 1 heterocycles. The van der Waals surface area contributed by atoms with Crippen LogP contribution in [0.2, 0.25) is 0 Å². The smallest absolute Gasteiger partial charge is 0.0525 e. The Morgan fingerprint density at radius 2 is 2.40 bits per heavy atom. The van der Waals surface area contributed by atoms with E-state index in [1.807, 2.05) is 6.20 Å². The summed E-state index contributed by atoms with van der Waals surface area (Å²) in [5, 5.41) is 7.28. The molecule has 1 aliphatic carbocycles. The molecule has 3 N–H and O–H groups in total. The lowest BCUT2D eigenvalue weighted by atomic mass is 9.63. The number of H-pyrrole nitrogens is 1. The second-order valence-electron chi connectivity index (χ2n) is 5.48. The molecule has 1 aromatic rings. The number of fused-ring (bicyclic) bond motifs is 1. The molecule has 84 valence electrons. The van der Waals surface area contributed by atoms with Crippen LogP contribution in [-0.2, 0) is 6.42 Å². The number of nitrogens with zero attached hydrogens (tertiary/aromatic N) is 1. The summed E-state index contributed by atoms with van der Waals surface area (Å²) < 4.78 is 0. The Morgan fingerprint density at radius 3 is 3.07 bits per heavy atom. The highest BCUT2D eigenvalue weighted by atomic mass is 15.1. The first-order valence-corrected chi connectivity index (χ1v) is 5.78. The minimum atomic E-state index is 0.343. The van der Waals surface area contributed by atoms with E-state index in [1.54, 1.807) is 0 Å². The van der Waals surface area contributed by atoms with Gasteiger partial charge in [-0.25, -0.2) is 0 Å². The highest BCUT2D eigenvalue weighted by Gasteiger charge is 2.39. The SMILES string of the molecule is CC(CN)C1c2cn[nH]c2CCC1(C)C.